The number of nitro groups is 1. The van der Waals surface area contributed by atoms with Crippen LogP contribution in [-0.2, 0) is 6.54 Å². The number of para-hydroxylation sites is 2. The summed E-state index contributed by atoms with van der Waals surface area (Å²) in [6.07, 6.45) is 3.57. The minimum Gasteiger partial charge on any atom is -0.375 e. The van der Waals surface area contributed by atoms with Crippen LogP contribution in [0.15, 0.2) is 60.9 Å². The van der Waals surface area contributed by atoms with Gasteiger partial charge in [-0.3, -0.25) is 15.1 Å². The van der Waals surface area contributed by atoms with Gasteiger partial charge >= 0.3 is 0 Å². The molecule has 1 N–H and O–H groups in total. The molecule has 104 valence electrons. The molecule has 0 radical (unpaired) electrons. The summed E-state index contributed by atoms with van der Waals surface area (Å²) in [5.41, 5.74) is 1.67. The SMILES string of the molecule is O=[N+]([O-])c1ccccc1NCc1ccc2cnccc2c1. The van der Waals surface area contributed by atoms with Crippen molar-refractivity contribution in [3.8, 4) is 0 Å². The third kappa shape index (κ3) is 2.81. The monoisotopic (exact) mass is 279 g/mol. The van der Waals surface area contributed by atoms with Crippen LogP contribution in [0.25, 0.3) is 10.8 Å². The molecule has 0 fully saturated rings. The van der Waals surface area contributed by atoms with E-state index in [9.17, 15) is 10.1 Å². The van der Waals surface area contributed by atoms with Crippen LogP contribution in [0.2, 0.25) is 0 Å². The molecule has 0 bridgehead atoms. The van der Waals surface area contributed by atoms with Crippen molar-refractivity contribution in [1.82, 2.24) is 4.98 Å². The first-order valence-electron chi connectivity index (χ1n) is 6.54. The van der Waals surface area contributed by atoms with Gasteiger partial charge in [0.1, 0.15) is 5.69 Å². The van der Waals surface area contributed by atoms with Gasteiger partial charge in [-0.25, -0.2) is 0 Å². The fourth-order valence-electron chi connectivity index (χ4n) is 2.22. The van der Waals surface area contributed by atoms with E-state index in [0.717, 1.165) is 16.3 Å². The highest BCUT2D eigenvalue weighted by Gasteiger charge is 2.11. The van der Waals surface area contributed by atoms with Crippen molar-refractivity contribution < 1.29 is 4.92 Å². The molecule has 2 aromatic carbocycles. The summed E-state index contributed by atoms with van der Waals surface area (Å²) >= 11 is 0. The standard InChI is InChI=1S/C16H13N3O2/c20-19(21)16-4-2-1-3-15(16)18-10-12-5-6-14-11-17-8-7-13(14)9-12/h1-9,11,18H,10H2. The summed E-state index contributed by atoms with van der Waals surface area (Å²) in [6.45, 7) is 0.531. The lowest BCUT2D eigenvalue weighted by Crippen LogP contribution is -2.02. The van der Waals surface area contributed by atoms with Crippen molar-refractivity contribution in [2.45, 2.75) is 6.54 Å². The summed E-state index contributed by atoms with van der Waals surface area (Å²) in [5.74, 6) is 0. The highest BCUT2D eigenvalue weighted by atomic mass is 16.6. The predicted octanol–water partition coefficient (Wildman–Crippen LogP) is 3.76. The van der Waals surface area contributed by atoms with Crippen molar-refractivity contribution in [3.05, 3.63) is 76.6 Å². The van der Waals surface area contributed by atoms with Crippen LogP contribution in [0.4, 0.5) is 11.4 Å². The van der Waals surface area contributed by atoms with Gasteiger partial charge < -0.3 is 5.32 Å². The molecule has 5 nitrogen and oxygen atoms in total. The highest BCUT2D eigenvalue weighted by Crippen LogP contribution is 2.24. The zero-order valence-corrected chi connectivity index (χ0v) is 11.2. The Bertz CT molecular complexity index is 802. The Hall–Kier alpha value is -2.95. The maximum absolute atomic E-state index is 11.0. The van der Waals surface area contributed by atoms with Gasteiger partial charge in [-0.2, -0.15) is 0 Å². The second kappa shape index (κ2) is 5.58. The van der Waals surface area contributed by atoms with Crippen molar-refractivity contribution >= 4 is 22.1 Å². The van der Waals surface area contributed by atoms with Gasteiger partial charge in [-0.05, 0) is 29.1 Å². The van der Waals surface area contributed by atoms with E-state index in [1.165, 1.54) is 6.07 Å². The largest absolute Gasteiger partial charge is 0.375 e. The number of benzene rings is 2. The van der Waals surface area contributed by atoms with Gasteiger partial charge in [0.2, 0.25) is 0 Å². The number of hydrogen-bond acceptors (Lipinski definition) is 4. The van der Waals surface area contributed by atoms with Crippen LogP contribution in [-0.4, -0.2) is 9.91 Å². The van der Waals surface area contributed by atoms with Gasteiger partial charge in [0, 0.05) is 30.4 Å². The van der Waals surface area contributed by atoms with Gasteiger partial charge in [-0.15, -0.1) is 0 Å². The van der Waals surface area contributed by atoms with Gasteiger partial charge in [-0.1, -0.05) is 24.3 Å². The number of hydrogen-bond donors (Lipinski definition) is 1. The lowest BCUT2D eigenvalue weighted by Gasteiger charge is -2.08. The van der Waals surface area contributed by atoms with Crippen LogP contribution < -0.4 is 5.32 Å². The zero-order valence-electron chi connectivity index (χ0n) is 11.2. The van der Waals surface area contributed by atoms with Crippen LogP contribution in [0.1, 0.15) is 5.56 Å². The van der Waals surface area contributed by atoms with E-state index in [-0.39, 0.29) is 10.6 Å². The first-order chi connectivity index (χ1) is 10.2. The van der Waals surface area contributed by atoms with E-state index in [0.29, 0.717) is 12.2 Å². The molecule has 3 aromatic rings. The number of nitrogens with zero attached hydrogens (tertiary/aromatic N) is 2. The maximum Gasteiger partial charge on any atom is 0.292 e. The second-order valence-corrected chi connectivity index (χ2v) is 4.68. The molecule has 0 spiro atoms. The van der Waals surface area contributed by atoms with Gasteiger partial charge in [0.15, 0.2) is 0 Å². The van der Waals surface area contributed by atoms with Gasteiger partial charge in [0.05, 0.1) is 4.92 Å². The molecule has 0 aliphatic rings. The molecule has 21 heavy (non-hydrogen) atoms. The molecule has 1 heterocycles. The molecule has 0 amide bonds. The van der Waals surface area contributed by atoms with E-state index >= 15 is 0 Å². The fraction of sp³-hybridized carbons (Fsp3) is 0.0625. The molecule has 0 aliphatic carbocycles. The third-order valence-electron chi connectivity index (χ3n) is 3.29. The normalized spacial score (nSPS) is 10.5. The Morgan fingerprint density at radius 3 is 2.81 bits per heavy atom. The summed E-state index contributed by atoms with van der Waals surface area (Å²) in [4.78, 5) is 14.7. The average Bonchev–Trinajstić information content (AvgIpc) is 2.53. The van der Waals surface area contributed by atoms with Crippen molar-refractivity contribution in [2.24, 2.45) is 0 Å². The van der Waals surface area contributed by atoms with Crippen molar-refractivity contribution in [1.29, 1.82) is 0 Å². The molecule has 3 rings (SSSR count). The van der Waals surface area contributed by atoms with Crippen LogP contribution in [0.5, 0.6) is 0 Å². The highest BCUT2D eigenvalue weighted by molar-refractivity contribution is 5.82. The Balaban J connectivity index is 1.82. The lowest BCUT2D eigenvalue weighted by molar-refractivity contribution is -0.384. The molecule has 1 aromatic heterocycles. The van der Waals surface area contributed by atoms with E-state index in [2.05, 4.69) is 16.4 Å². The number of nitro benzene ring substituents is 1. The van der Waals surface area contributed by atoms with E-state index in [1.807, 2.05) is 24.4 Å². The fourth-order valence-corrected chi connectivity index (χ4v) is 2.22. The van der Waals surface area contributed by atoms with Crippen LogP contribution >= 0.6 is 0 Å². The Labute approximate surface area is 121 Å². The molecule has 0 atom stereocenters. The Morgan fingerprint density at radius 2 is 1.95 bits per heavy atom. The smallest absolute Gasteiger partial charge is 0.292 e. The molecule has 5 heteroatoms. The third-order valence-corrected chi connectivity index (χ3v) is 3.29. The minimum atomic E-state index is -0.381. The zero-order chi connectivity index (χ0) is 14.7. The summed E-state index contributed by atoms with van der Waals surface area (Å²) in [5, 5.41) is 16.3. The van der Waals surface area contributed by atoms with Crippen LogP contribution in [0.3, 0.4) is 0 Å². The second-order valence-electron chi connectivity index (χ2n) is 4.68. The maximum atomic E-state index is 11.0. The Morgan fingerprint density at radius 1 is 1.10 bits per heavy atom. The number of aromatic nitrogens is 1. The van der Waals surface area contributed by atoms with Gasteiger partial charge in [0.25, 0.3) is 5.69 Å². The summed E-state index contributed by atoms with van der Waals surface area (Å²) < 4.78 is 0. The quantitative estimate of drug-likeness (QED) is 0.583. The average molecular weight is 279 g/mol. The Kier molecular flexibility index (Phi) is 3.47. The van der Waals surface area contributed by atoms with E-state index in [4.69, 9.17) is 0 Å². The van der Waals surface area contributed by atoms with E-state index in [1.54, 1.807) is 24.4 Å². The number of anilines is 1. The molecule has 0 saturated carbocycles. The lowest BCUT2D eigenvalue weighted by atomic mass is 10.1. The number of nitrogens with one attached hydrogen (secondary N) is 1. The topological polar surface area (TPSA) is 68.1 Å². The number of fused-ring (bicyclic) bond motifs is 1. The molecular weight excluding hydrogens is 266 g/mol. The number of rotatable bonds is 4. The van der Waals surface area contributed by atoms with Crippen molar-refractivity contribution in [2.75, 3.05) is 5.32 Å². The summed E-state index contributed by atoms with van der Waals surface area (Å²) in [7, 11) is 0. The molecule has 0 unspecified atom stereocenters. The molecule has 0 aliphatic heterocycles. The first kappa shape index (κ1) is 13.1. The predicted molar refractivity (Wildman–Crippen MR) is 82.2 cm³/mol. The molecule has 0 saturated heterocycles. The molecular formula is C16H13N3O2. The first-order valence-corrected chi connectivity index (χ1v) is 6.54. The number of pyridine rings is 1. The summed E-state index contributed by atoms with van der Waals surface area (Å²) in [6, 6.07) is 14.6. The minimum absolute atomic E-state index is 0.0856. The van der Waals surface area contributed by atoms with Crippen molar-refractivity contribution in [3.63, 3.8) is 0 Å². The van der Waals surface area contributed by atoms with E-state index < -0.39 is 0 Å². The van der Waals surface area contributed by atoms with Crippen LogP contribution in [0, 0.1) is 10.1 Å².